The molecule has 0 aliphatic rings. The van der Waals surface area contributed by atoms with E-state index in [1.54, 1.807) is 18.2 Å². The second kappa shape index (κ2) is 8.26. The quantitative estimate of drug-likeness (QED) is 0.434. The zero-order chi connectivity index (χ0) is 21.3. The van der Waals surface area contributed by atoms with Crippen LogP contribution in [0.15, 0.2) is 58.7 Å². The summed E-state index contributed by atoms with van der Waals surface area (Å²) in [7, 11) is 0. The lowest BCUT2D eigenvalue weighted by atomic mass is 10.1. The molecule has 0 radical (unpaired) electrons. The van der Waals surface area contributed by atoms with Crippen molar-refractivity contribution in [3.8, 4) is 11.1 Å². The summed E-state index contributed by atoms with van der Waals surface area (Å²) >= 11 is 7.86. The molecular weight excluding hydrogens is 418 g/mol. The number of thiophene rings is 1. The zero-order valence-electron chi connectivity index (χ0n) is 16.3. The average molecular weight is 436 g/mol. The zero-order valence-corrected chi connectivity index (χ0v) is 17.9. The van der Waals surface area contributed by atoms with Gasteiger partial charge in [-0.1, -0.05) is 53.6 Å². The number of aromatic amines is 1. The molecule has 1 amide bonds. The molecule has 0 saturated carbocycles. The van der Waals surface area contributed by atoms with E-state index >= 15 is 0 Å². The SMILES string of the molecule is CC(=O)Nc1ccc(/C=C(\Cl)c2nc3scc(-c4ccc(C)cc4)c3c(=O)[nH]2)cc1. The highest BCUT2D eigenvalue weighted by Crippen LogP contribution is 2.32. The van der Waals surface area contributed by atoms with E-state index in [0.29, 0.717) is 26.8 Å². The first-order valence-electron chi connectivity index (χ1n) is 9.24. The fourth-order valence-electron chi connectivity index (χ4n) is 3.09. The number of hydrogen-bond donors (Lipinski definition) is 2. The molecule has 0 atom stereocenters. The second-order valence-corrected chi connectivity index (χ2v) is 8.17. The van der Waals surface area contributed by atoms with Crippen molar-refractivity contribution in [3.63, 3.8) is 0 Å². The van der Waals surface area contributed by atoms with Gasteiger partial charge in [-0.05, 0) is 36.3 Å². The van der Waals surface area contributed by atoms with Crippen LogP contribution in [0.3, 0.4) is 0 Å². The molecule has 5 nitrogen and oxygen atoms in total. The van der Waals surface area contributed by atoms with Crippen molar-refractivity contribution in [2.24, 2.45) is 0 Å². The van der Waals surface area contributed by atoms with Gasteiger partial charge in [-0.25, -0.2) is 4.98 Å². The molecule has 0 unspecified atom stereocenters. The van der Waals surface area contributed by atoms with Crippen LogP contribution in [0.4, 0.5) is 5.69 Å². The van der Waals surface area contributed by atoms with E-state index in [-0.39, 0.29) is 11.5 Å². The Morgan fingerprint density at radius 1 is 1.13 bits per heavy atom. The van der Waals surface area contributed by atoms with Gasteiger partial charge in [0.2, 0.25) is 5.91 Å². The molecule has 4 aromatic rings. The molecule has 0 fully saturated rings. The molecule has 4 rings (SSSR count). The van der Waals surface area contributed by atoms with Crippen molar-refractivity contribution in [1.29, 1.82) is 0 Å². The Morgan fingerprint density at radius 3 is 2.50 bits per heavy atom. The van der Waals surface area contributed by atoms with Gasteiger partial charge in [-0.3, -0.25) is 9.59 Å². The van der Waals surface area contributed by atoms with Crippen molar-refractivity contribution >= 4 is 55.9 Å². The van der Waals surface area contributed by atoms with Crippen LogP contribution in [0.5, 0.6) is 0 Å². The van der Waals surface area contributed by atoms with Crippen LogP contribution >= 0.6 is 22.9 Å². The highest BCUT2D eigenvalue weighted by Gasteiger charge is 2.14. The summed E-state index contributed by atoms with van der Waals surface area (Å²) in [6.45, 7) is 3.48. The molecule has 7 heteroatoms. The summed E-state index contributed by atoms with van der Waals surface area (Å²) in [6.07, 6.45) is 1.72. The number of aromatic nitrogens is 2. The number of aryl methyl sites for hydroxylation is 1. The Hall–Kier alpha value is -3.22. The van der Waals surface area contributed by atoms with Gasteiger partial charge in [-0.15, -0.1) is 11.3 Å². The first-order valence-corrected chi connectivity index (χ1v) is 10.5. The Bertz CT molecular complexity index is 1320. The fourth-order valence-corrected chi connectivity index (χ4v) is 4.25. The van der Waals surface area contributed by atoms with Crippen molar-refractivity contribution in [2.75, 3.05) is 5.32 Å². The topological polar surface area (TPSA) is 74.8 Å². The van der Waals surface area contributed by atoms with Crippen molar-refractivity contribution in [3.05, 3.63) is 81.2 Å². The lowest BCUT2D eigenvalue weighted by Gasteiger charge is -2.04. The van der Waals surface area contributed by atoms with Gasteiger partial charge in [0.1, 0.15) is 4.83 Å². The van der Waals surface area contributed by atoms with Crippen LogP contribution in [0.1, 0.15) is 23.9 Å². The number of hydrogen-bond acceptors (Lipinski definition) is 4. The van der Waals surface area contributed by atoms with Gasteiger partial charge in [0, 0.05) is 23.6 Å². The molecular formula is C23H18ClN3O2S. The van der Waals surface area contributed by atoms with E-state index in [1.807, 2.05) is 48.7 Å². The van der Waals surface area contributed by atoms with Crippen LogP contribution in [0.25, 0.3) is 32.5 Å². The van der Waals surface area contributed by atoms with Gasteiger partial charge >= 0.3 is 0 Å². The normalized spacial score (nSPS) is 11.6. The summed E-state index contributed by atoms with van der Waals surface area (Å²) in [4.78, 5) is 31.9. The molecule has 30 heavy (non-hydrogen) atoms. The average Bonchev–Trinajstić information content (AvgIpc) is 3.14. The van der Waals surface area contributed by atoms with Gasteiger partial charge in [0.05, 0.1) is 10.4 Å². The van der Waals surface area contributed by atoms with E-state index < -0.39 is 0 Å². The Morgan fingerprint density at radius 2 is 1.83 bits per heavy atom. The van der Waals surface area contributed by atoms with E-state index in [4.69, 9.17) is 11.6 Å². The maximum Gasteiger partial charge on any atom is 0.260 e. The number of carbonyl (C=O) groups excluding carboxylic acids is 1. The number of nitrogens with one attached hydrogen (secondary N) is 2. The van der Waals surface area contributed by atoms with Gasteiger partial charge in [0.15, 0.2) is 5.82 Å². The molecule has 0 saturated heterocycles. The van der Waals surface area contributed by atoms with E-state index in [1.165, 1.54) is 18.3 Å². The third kappa shape index (κ3) is 4.20. The molecule has 2 N–H and O–H groups in total. The first-order chi connectivity index (χ1) is 14.4. The van der Waals surface area contributed by atoms with Crippen molar-refractivity contribution < 1.29 is 4.79 Å². The standard InChI is InChI=1S/C23H18ClN3O2S/c1-13-3-7-16(8-4-13)18-12-30-23-20(18)22(29)26-21(27-23)19(24)11-15-5-9-17(10-6-15)25-14(2)28/h3-12H,1-2H3,(H,25,28)(H,26,27,29)/b19-11-. The van der Waals surface area contributed by atoms with Gasteiger partial charge in [-0.2, -0.15) is 0 Å². The number of H-pyrrole nitrogens is 1. The third-order valence-electron chi connectivity index (χ3n) is 4.56. The first kappa shape index (κ1) is 20.1. The van der Waals surface area contributed by atoms with Gasteiger partial charge < -0.3 is 10.3 Å². The van der Waals surface area contributed by atoms with E-state index in [0.717, 1.165) is 22.3 Å². The maximum absolute atomic E-state index is 12.8. The van der Waals surface area contributed by atoms with Crippen LogP contribution < -0.4 is 10.9 Å². The number of anilines is 1. The molecule has 0 aliphatic carbocycles. The summed E-state index contributed by atoms with van der Waals surface area (Å²) in [5.41, 5.74) is 4.31. The fraction of sp³-hybridized carbons (Fsp3) is 0.0870. The van der Waals surface area contributed by atoms with Crippen LogP contribution in [0.2, 0.25) is 0 Å². The number of rotatable bonds is 4. The molecule has 2 heterocycles. The predicted molar refractivity (Wildman–Crippen MR) is 125 cm³/mol. The molecule has 2 aromatic carbocycles. The highest BCUT2D eigenvalue weighted by atomic mass is 35.5. The molecule has 2 aromatic heterocycles. The minimum Gasteiger partial charge on any atom is -0.326 e. The summed E-state index contributed by atoms with van der Waals surface area (Å²) in [5.74, 6) is 0.185. The van der Waals surface area contributed by atoms with Crippen LogP contribution in [0, 0.1) is 6.92 Å². The number of fused-ring (bicyclic) bond motifs is 1. The second-order valence-electron chi connectivity index (χ2n) is 6.91. The van der Waals surface area contributed by atoms with Crippen LogP contribution in [-0.2, 0) is 4.79 Å². The minimum absolute atomic E-state index is 0.132. The van der Waals surface area contributed by atoms with Gasteiger partial charge in [0.25, 0.3) is 5.56 Å². The molecule has 0 bridgehead atoms. The minimum atomic E-state index is -0.223. The Labute approximate surface area is 182 Å². The molecule has 0 aliphatic heterocycles. The Kier molecular flexibility index (Phi) is 5.53. The molecule has 0 spiro atoms. The number of amides is 1. The summed E-state index contributed by atoms with van der Waals surface area (Å²) in [5, 5.41) is 5.55. The number of carbonyl (C=O) groups is 1. The van der Waals surface area contributed by atoms with E-state index in [2.05, 4.69) is 15.3 Å². The lowest BCUT2D eigenvalue weighted by Crippen LogP contribution is -2.10. The molecule has 150 valence electrons. The maximum atomic E-state index is 12.8. The predicted octanol–water partition coefficient (Wildman–Crippen LogP) is 5.66. The van der Waals surface area contributed by atoms with E-state index in [9.17, 15) is 9.59 Å². The van der Waals surface area contributed by atoms with Crippen LogP contribution in [-0.4, -0.2) is 15.9 Å². The number of nitrogens with zero attached hydrogens (tertiary/aromatic N) is 1. The Balaban J connectivity index is 1.68. The van der Waals surface area contributed by atoms with Crippen molar-refractivity contribution in [1.82, 2.24) is 9.97 Å². The van der Waals surface area contributed by atoms with Crippen molar-refractivity contribution in [2.45, 2.75) is 13.8 Å². The third-order valence-corrected chi connectivity index (χ3v) is 5.72. The smallest absolute Gasteiger partial charge is 0.260 e. The summed E-state index contributed by atoms with van der Waals surface area (Å²) < 4.78 is 0. The summed E-state index contributed by atoms with van der Waals surface area (Å²) in [6, 6.07) is 15.3. The number of benzene rings is 2. The largest absolute Gasteiger partial charge is 0.326 e. The monoisotopic (exact) mass is 435 g/mol. The highest BCUT2D eigenvalue weighted by molar-refractivity contribution is 7.17. The number of halogens is 1. The lowest BCUT2D eigenvalue weighted by molar-refractivity contribution is -0.114.